The van der Waals surface area contributed by atoms with Gasteiger partial charge in [-0.1, -0.05) is 26.7 Å². The van der Waals surface area contributed by atoms with Crippen molar-refractivity contribution in [3.05, 3.63) is 0 Å². The van der Waals surface area contributed by atoms with Crippen LogP contribution >= 0.6 is 0 Å². The number of hydrogen-bond acceptors (Lipinski definition) is 2. The lowest BCUT2D eigenvalue weighted by atomic mass is 10.0. The van der Waals surface area contributed by atoms with Gasteiger partial charge >= 0.3 is 0 Å². The second kappa shape index (κ2) is 7.56. The van der Waals surface area contributed by atoms with Gasteiger partial charge in [0.25, 0.3) is 0 Å². The highest BCUT2D eigenvalue weighted by molar-refractivity contribution is 4.60. The Hall–Kier alpha value is -0.0800. The number of hydrogen-bond donors (Lipinski definition) is 1. The van der Waals surface area contributed by atoms with E-state index >= 15 is 0 Å². The lowest BCUT2D eigenvalue weighted by Gasteiger charge is -2.11. The van der Waals surface area contributed by atoms with Crippen molar-refractivity contribution in [2.75, 3.05) is 13.2 Å². The smallest absolute Gasteiger partial charge is 0.0617 e. The number of ether oxygens (including phenoxy) is 1. The van der Waals surface area contributed by atoms with E-state index in [1.807, 2.05) is 6.92 Å². The van der Waals surface area contributed by atoms with Crippen molar-refractivity contribution in [1.29, 1.82) is 0 Å². The van der Waals surface area contributed by atoms with E-state index in [0.29, 0.717) is 6.61 Å². The summed E-state index contributed by atoms with van der Waals surface area (Å²) in [5.74, 6) is 0.796. The van der Waals surface area contributed by atoms with Gasteiger partial charge in [0.2, 0.25) is 0 Å². The van der Waals surface area contributed by atoms with Crippen molar-refractivity contribution in [2.24, 2.45) is 11.7 Å². The largest absolute Gasteiger partial charge is 0.380 e. The first-order chi connectivity index (χ1) is 5.66. The Balaban J connectivity index is 3.13. The van der Waals surface area contributed by atoms with Crippen molar-refractivity contribution in [2.45, 2.75) is 46.1 Å². The van der Waals surface area contributed by atoms with E-state index in [4.69, 9.17) is 10.5 Å². The van der Waals surface area contributed by atoms with Crippen LogP contribution < -0.4 is 5.73 Å². The summed E-state index contributed by atoms with van der Waals surface area (Å²) in [5, 5.41) is 0. The predicted octanol–water partition coefficient (Wildman–Crippen LogP) is 2.18. The average Bonchev–Trinajstić information content (AvgIpc) is 2.00. The first kappa shape index (κ1) is 11.9. The number of rotatable bonds is 7. The molecule has 0 saturated carbocycles. The van der Waals surface area contributed by atoms with E-state index in [0.717, 1.165) is 18.9 Å². The fraction of sp³-hybridized carbons (Fsp3) is 1.00. The molecule has 0 aliphatic heterocycles. The highest BCUT2D eigenvalue weighted by Crippen LogP contribution is 2.07. The minimum absolute atomic E-state index is 0.240. The molecule has 0 heterocycles. The molecular formula is C10H23NO. The number of nitrogens with two attached hydrogens (primary N) is 1. The van der Waals surface area contributed by atoms with Gasteiger partial charge < -0.3 is 10.5 Å². The topological polar surface area (TPSA) is 35.2 Å². The molecule has 0 bridgehead atoms. The average molecular weight is 173 g/mol. The summed E-state index contributed by atoms with van der Waals surface area (Å²) in [6.45, 7) is 7.98. The monoisotopic (exact) mass is 173 g/mol. The van der Waals surface area contributed by atoms with Crippen molar-refractivity contribution in [3.8, 4) is 0 Å². The lowest BCUT2D eigenvalue weighted by molar-refractivity contribution is 0.130. The van der Waals surface area contributed by atoms with Crippen molar-refractivity contribution < 1.29 is 4.74 Å². The van der Waals surface area contributed by atoms with Crippen molar-refractivity contribution in [1.82, 2.24) is 0 Å². The fourth-order valence-corrected chi connectivity index (χ4v) is 1.14. The SMILES string of the molecule is CCOCC(N)CCCC(C)C. The van der Waals surface area contributed by atoms with Crippen LogP contribution in [0.25, 0.3) is 0 Å². The third-order valence-corrected chi connectivity index (χ3v) is 1.89. The van der Waals surface area contributed by atoms with Gasteiger partial charge in [-0.25, -0.2) is 0 Å². The Bertz CT molecular complexity index is 93.8. The maximum absolute atomic E-state index is 5.82. The van der Waals surface area contributed by atoms with E-state index in [1.165, 1.54) is 12.8 Å². The van der Waals surface area contributed by atoms with Crippen LogP contribution in [0.1, 0.15) is 40.0 Å². The summed E-state index contributed by atoms with van der Waals surface area (Å²) in [6, 6.07) is 0.240. The van der Waals surface area contributed by atoms with E-state index in [9.17, 15) is 0 Å². The molecule has 0 aromatic heterocycles. The van der Waals surface area contributed by atoms with Crippen LogP contribution in [0.5, 0.6) is 0 Å². The van der Waals surface area contributed by atoms with Crippen LogP contribution in [0.15, 0.2) is 0 Å². The summed E-state index contributed by atoms with van der Waals surface area (Å²) in [6.07, 6.45) is 3.60. The molecule has 0 spiro atoms. The molecule has 0 aromatic rings. The summed E-state index contributed by atoms with van der Waals surface area (Å²) in [7, 11) is 0. The minimum atomic E-state index is 0.240. The normalized spacial score (nSPS) is 13.8. The van der Waals surface area contributed by atoms with Crippen molar-refractivity contribution >= 4 is 0 Å². The van der Waals surface area contributed by atoms with Gasteiger partial charge in [-0.2, -0.15) is 0 Å². The molecule has 0 amide bonds. The van der Waals surface area contributed by atoms with Gasteiger partial charge in [0.05, 0.1) is 6.61 Å². The van der Waals surface area contributed by atoms with E-state index in [2.05, 4.69) is 13.8 Å². The third kappa shape index (κ3) is 8.02. The Morgan fingerprint density at radius 1 is 1.25 bits per heavy atom. The zero-order valence-electron chi connectivity index (χ0n) is 8.68. The molecule has 0 aliphatic rings. The maximum atomic E-state index is 5.82. The molecular weight excluding hydrogens is 150 g/mol. The van der Waals surface area contributed by atoms with Crippen LogP contribution in [0.2, 0.25) is 0 Å². The van der Waals surface area contributed by atoms with Crippen LogP contribution in [0.4, 0.5) is 0 Å². The van der Waals surface area contributed by atoms with Gasteiger partial charge in [-0.05, 0) is 19.3 Å². The quantitative estimate of drug-likeness (QED) is 0.640. The molecule has 0 rings (SSSR count). The van der Waals surface area contributed by atoms with E-state index in [1.54, 1.807) is 0 Å². The second-order valence-corrected chi connectivity index (χ2v) is 3.74. The Morgan fingerprint density at radius 2 is 1.92 bits per heavy atom. The molecule has 0 radical (unpaired) electrons. The van der Waals surface area contributed by atoms with E-state index < -0.39 is 0 Å². The zero-order valence-corrected chi connectivity index (χ0v) is 8.68. The molecule has 12 heavy (non-hydrogen) atoms. The van der Waals surface area contributed by atoms with Gasteiger partial charge in [0, 0.05) is 12.6 Å². The zero-order chi connectivity index (χ0) is 9.40. The minimum Gasteiger partial charge on any atom is -0.380 e. The molecule has 0 saturated heterocycles. The maximum Gasteiger partial charge on any atom is 0.0617 e. The molecule has 0 aliphatic carbocycles. The van der Waals surface area contributed by atoms with Gasteiger partial charge in [0.15, 0.2) is 0 Å². The van der Waals surface area contributed by atoms with E-state index in [-0.39, 0.29) is 6.04 Å². The first-order valence-corrected chi connectivity index (χ1v) is 5.00. The summed E-state index contributed by atoms with van der Waals surface area (Å²) in [5.41, 5.74) is 5.82. The summed E-state index contributed by atoms with van der Waals surface area (Å²) < 4.78 is 5.23. The Labute approximate surface area is 76.5 Å². The van der Waals surface area contributed by atoms with Crippen LogP contribution in [-0.4, -0.2) is 19.3 Å². The summed E-state index contributed by atoms with van der Waals surface area (Å²) >= 11 is 0. The highest BCUT2D eigenvalue weighted by atomic mass is 16.5. The standard InChI is InChI=1S/C10H23NO/c1-4-12-8-10(11)7-5-6-9(2)3/h9-10H,4-8,11H2,1-3H3. The van der Waals surface area contributed by atoms with Crippen LogP contribution in [0, 0.1) is 5.92 Å². The van der Waals surface area contributed by atoms with Gasteiger partial charge in [-0.15, -0.1) is 0 Å². The Kier molecular flexibility index (Phi) is 7.51. The molecule has 2 heteroatoms. The molecule has 1 unspecified atom stereocenters. The molecule has 2 nitrogen and oxygen atoms in total. The predicted molar refractivity (Wildman–Crippen MR) is 53.2 cm³/mol. The first-order valence-electron chi connectivity index (χ1n) is 5.00. The molecule has 74 valence electrons. The third-order valence-electron chi connectivity index (χ3n) is 1.89. The fourth-order valence-electron chi connectivity index (χ4n) is 1.14. The molecule has 1 atom stereocenters. The van der Waals surface area contributed by atoms with Crippen LogP contribution in [-0.2, 0) is 4.74 Å². The second-order valence-electron chi connectivity index (χ2n) is 3.74. The molecule has 2 N–H and O–H groups in total. The lowest BCUT2D eigenvalue weighted by Crippen LogP contribution is -2.26. The highest BCUT2D eigenvalue weighted by Gasteiger charge is 2.02. The van der Waals surface area contributed by atoms with Crippen molar-refractivity contribution in [3.63, 3.8) is 0 Å². The molecule has 0 fully saturated rings. The summed E-state index contributed by atoms with van der Waals surface area (Å²) in [4.78, 5) is 0. The van der Waals surface area contributed by atoms with Gasteiger partial charge in [-0.3, -0.25) is 0 Å². The molecule has 0 aromatic carbocycles. The van der Waals surface area contributed by atoms with Gasteiger partial charge in [0.1, 0.15) is 0 Å². The Morgan fingerprint density at radius 3 is 2.42 bits per heavy atom. The van der Waals surface area contributed by atoms with Crippen LogP contribution in [0.3, 0.4) is 0 Å².